The highest BCUT2D eigenvalue weighted by molar-refractivity contribution is 5.76. The first kappa shape index (κ1) is 26.2. The topological polar surface area (TPSA) is 69.5 Å². The molecule has 0 fully saturated rings. The Morgan fingerprint density at radius 2 is 1.70 bits per heavy atom. The molecule has 0 saturated carbocycles. The van der Waals surface area contributed by atoms with Crippen LogP contribution in [0.25, 0.3) is 22.3 Å². The van der Waals surface area contributed by atoms with E-state index in [0.29, 0.717) is 12.3 Å². The van der Waals surface area contributed by atoms with Crippen LogP contribution >= 0.6 is 0 Å². The summed E-state index contributed by atoms with van der Waals surface area (Å²) in [7, 11) is 3.99. The minimum atomic E-state index is -0.715. The highest BCUT2D eigenvalue weighted by Crippen LogP contribution is 2.31. The summed E-state index contributed by atoms with van der Waals surface area (Å²) in [6, 6.07) is 19.9. The van der Waals surface area contributed by atoms with Crippen LogP contribution in [-0.4, -0.2) is 40.4 Å². The van der Waals surface area contributed by atoms with Gasteiger partial charge in [0.2, 0.25) is 0 Å². The van der Waals surface area contributed by atoms with Crippen molar-refractivity contribution >= 4 is 23.1 Å². The van der Waals surface area contributed by atoms with Gasteiger partial charge < -0.3 is 18.9 Å². The van der Waals surface area contributed by atoms with Gasteiger partial charge in [0.25, 0.3) is 0 Å². The molecule has 0 bridgehead atoms. The number of aryl methyl sites for hydroxylation is 1. The number of ether oxygens (including phenoxy) is 2. The molecular formula is C30H36N4O3. The number of nitrogens with zero attached hydrogens (tertiary/aromatic N) is 4. The molecule has 7 heteroatoms. The lowest BCUT2D eigenvalue weighted by Gasteiger charge is -2.19. The number of anilines is 1. The van der Waals surface area contributed by atoms with E-state index in [9.17, 15) is 4.79 Å². The molecule has 0 amide bonds. The predicted molar refractivity (Wildman–Crippen MR) is 148 cm³/mol. The van der Waals surface area contributed by atoms with Gasteiger partial charge in [0.05, 0.1) is 6.54 Å². The zero-order valence-electron chi connectivity index (χ0n) is 22.6. The van der Waals surface area contributed by atoms with Crippen molar-refractivity contribution in [2.45, 2.75) is 59.1 Å². The smallest absolute Gasteiger partial charge is 0.428 e. The third kappa shape index (κ3) is 6.47. The van der Waals surface area contributed by atoms with Crippen molar-refractivity contribution < 1.29 is 14.3 Å². The summed E-state index contributed by atoms with van der Waals surface area (Å²) in [6.07, 6.45) is 2.39. The minimum Gasteiger partial charge on any atom is -0.428 e. The van der Waals surface area contributed by atoms with Crippen LogP contribution in [0.2, 0.25) is 0 Å². The van der Waals surface area contributed by atoms with E-state index < -0.39 is 11.8 Å². The van der Waals surface area contributed by atoms with Crippen LogP contribution in [-0.2, 0) is 17.7 Å². The summed E-state index contributed by atoms with van der Waals surface area (Å²) in [5.74, 6) is 2.43. The van der Waals surface area contributed by atoms with Crippen LogP contribution in [0.15, 0.2) is 60.7 Å². The molecule has 0 radical (unpaired) electrons. The molecule has 0 aliphatic heterocycles. The SMILES string of the molecule is CCCCc1nc2ccc(N(C)C)nc2n1Cc1ccc(-c2ccccc2OC(=O)OC(C)(C)C)cc1. The van der Waals surface area contributed by atoms with Gasteiger partial charge in [-0.25, -0.2) is 14.8 Å². The summed E-state index contributed by atoms with van der Waals surface area (Å²) in [5, 5.41) is 0. The fourth-order valence-electron chi connectivity index (χ4n) is 4.11. The highest BCUT2D eigenvalue weighted by atomic mass is 16.7. The normalized spacial score (nSPS) is 11.5. The first-order valence-corrected chi connectivity index (χ1v) is 12.8. The number of carbonyl (C=O) groups is 1. The molecular weight excluding hydrogens is 464 g/mol. The van der Waals surface area contributed by atoms with Crippen LogP contribution in [0.5, 0.6) is 5.75 Å². The van der Waals surface area contributed by atoms with Gasteiger partial charge in [-0.2, -0.15) is 0 Å². The van der Waals surface area contributed by atoms with Crippen molar-refractivity contribution in [3.8, 4) is 16.9 Å². The number of unbranched alkanes of at least 4 members (excludes halogenated alkanes) is 1. The Kier molecular flexibility index (Phi) is 7.81. The van der Waals surface area contributed by atoms with Gasteiger partial charge in [-0.3, -0.25) is 0 Å². The molecule has 2 aromatic carbocycles. The number of para-hydroxylation sites is 1. The first-order chi connectivity index (χ1) is 17.6. The number of pyridine rings is 1. The molecule has 2 heterocycles. The molecule has 0 saturated heterocycles. The van der Waals surface area contributed by atoms with E-state index in [1.54, 1.807) is 6.07 Å². The number of benzene rings is 2. The third-order valence-electron chi connectivity index (χ3n) is 5.94. The predicted octanol–water partition coefficient (Wildman–Crippen LogP) is 6.87. The van der Waals surface area contributed by atoms with Crippen LogP contribution in [0.4, 0.5) is 10.6 Å². The Morgan fingerprint density at radius 1 is 0.973 bits per heavy atom. The summed E-state index contributed by atoms with van der Waals surface area (Å²) >= 11 is 0. The van der Waals surface area contributed by atoms with Gasteiger partial charge in [-0.15, -0.1) is 0 Å². The van der Waals surface area contributed by atoms with Crippen LogP contribution < -0.4 is 9.64 Å². The minimum absolute atomic E-state index is 0.465. The Labute approximate surface area is 219 Å². The van der Waals surface area contributed by atoms with Crippen molar-refractivity contribution in [1.29, 1.82) is 0 Å². The van der Waals surface area contributed by atoms with Crippen LogP contribution in [0.3, 0.4) is 0 Å². The molecule has 2 aromatic heterocycles. The molecule has 0 unspecified atom stereocenters. The Bertz CT molecular complexity index is 1370. The molecule has 0 N–H and O–H groups in total. The second-order valence-corrected chi connectivity index (χ2v) is 10.4. The average molecular weight is 501 g/mol. The summed E-state index contributed by atoms with van der Waals surface area (Å²) < 4.78 is 13.1. The molecule has 7 nitrogen and oxygen atoms in total. The number of imidazole rings is 1. The molecule has 0 spiro atoms. The van der Waals surface area contributed by atoms with E-state index in [1.165, 1.54) is 0 Å². The van der Waals surface area contributed by atoms with Gasteiger partial charge in [0.15, 0.2) is 5.65 Å². The van der Waals surface area contributed by atoms with E-state index in [4.69, 9.17) is 19.4 Å². The maximum Gasteiger partial charge on any atom is 0.514 e. The van der Waals surface area contributed by atoms with Crippen molar-refractivity contribution in [3.05, 3.63) is 72.1 Å². The van der Waals surface area contributed by atoms with Crippen LogP contribution in [0.1, 0.15) is 51.9 Å². The van der Waals surface area contributed by atoms with E-state index in [-0.39, 0.29) is 0 Å². The van der Waals surface area contributed by atoms with Gasteiger partial charge in [0, 0.05) is 26.1 Å². The Morgan fingerprint density at radius 3 is 2.38 bits per heavy atom. The van der Waals surface area contributed by atoms with Crippen molar-refractivity contribution in [1.82, 2.24) is 14.5 Å². The summed E-state index contributed by atoms with van der Waals surface area (Å²) in [4.78, 5) is 24.1. The molecule has 4 aromatic rings. The molecule has 194 valence electrons. The second-order valence-electron chi connectivity index (χ2n) is 10.4. The fourth-order valence-corrected chi connectivity index (χ4v) is 4.11. The molecule has 0 aliphatic carbocycles. The Hall–Kier alpha value is -3.87. The molecule has 37 heavy (non-hydrogen) atoms. The molecule has 0 atom stereocenters. The number of hydrogen-bond donors (Lipinski definition) is 0. The monoisotopic (exact) mass is 500 g/mol. The van der Waals surface area contributed by atoms with Gasteiger partial charge in [-0.05, 0) is 56.5 Å². The van der Waals surface area contributed by atoms with Crippen molar-refractivity contribution in [2.24, 2.45) is 0 Å². The number of aromatic nitrogens is 3. The second kappa shape index (κ2) is 11.0. The van der Waals surface area contributed by atoms with E-state index in [0.717, 1.165) is 58.8 Å². The summed E-state index contributed by atoms with van der Waals surface area (Å²) in [5.41, 5.74) is 4.12. The summed E-state index contributed by atoms with van der Waals surface area (Å²) in [6.45, 7) is 8.31. The van der Waals surface area contributed by atoms with Gasteiger partial charge in [0.1, 0.15) is 28.5 Å². The average Bonchev–Trinajstić information content (AvgIpc) is 3.18. The van der Waals surface area contributed by atoms with Gasteiger partial charge in [-0.1, -0.05) is 55.8 Å². The maximum atomic E-state index is 12.3. The van der Waals surface area contributed by atoms with Gasteiger partial charge >= 0.3 is 6.16 Å². The third-order valence-corrected chi connectivity index (χ3v) is 5.94. The van der Waals surface area contributed by atoms with E-state index in [2.05, 4.69) is 35.8 Å². The largest absolute Gasteiger partial charge is 0.514 e. The Balaban J connectivity index is 1.61. The standard InChI is InChI=1S/C30H36N4O3/c1-7-8-13-27-31-24-18-19-26(33(5)6)32-28(24)34(27)20-21-14-16-22(17-15-21)23-11-9-10-12-25(23)36-29(35)37-30(2,3)4/h9-12,14-19H,7-8,13,20H2,1-6H3. The number of hydrogen-bond acceptors (Lipinski definition) is 6. The number of fused-ring (bicyclic) bond motifs is 1. The van der Waals surface area contributed by atoms with E-state index >= 15 is 0 Å². The lowest BCUT2D eigenvalue weighted by Crippen LogP contribution is -2.26. The molecule has 4 rings (SSSR count). The highest BCUT2D eigenvalue weighted by Gasteiger charge is 2.20. The van der Waals surface area contributed by atoms with Crippen molar-refractivity contribution in [3.63, 3.8) is 0 Å². The molecule has 0 aliphatic rings. The zero-order valence-corrected chi connectivity index (χ0v) is 22.6. The maximum absolute atomic E-state index is 12.3. The number of carbonyl (C=O) groups excluding carboxylic acids is 1. The lowest BCUT2D eigenvalue weighted by molar-refractivity contribution is 0.0207. The fraction of sp³-hybridized carbons (Fsp3) is 0.367. The van der Waals surface area contributed by atoms with Crippen LogP contribution in [0, 0.1) is 0 Å². The first-order valence-electron chi connectivity index (χ1n) is 12.8. The quantitative estimate of drug-likeness (QED) is 0.194. The lowest BCUT2D eigenvalue weighted by atomic mass is 10.0. The van der Waals surface area contributed by atoms with Crippen molar-refractivity contribution in [2.75, 3.05) is 19.0 Å². The van der Waals surface area contributed by atoms with E-state index in [1.807, 2.05) is 70.1 Å². The zero-order chi connectivity index (χ0) is 26.6. The number of rotatable bonds is 8.